The smallest absolute Gasteiger partial charge is 0.383 e. The molecule has 1 aliphatic carbocycles. The van der Waals surface area contributed by atoms with E-state index in [0.29, 0.717) is 37.3 Å². The van der Waals surface area contributed by atoms with Gasteiger partial charge in [0.25, 0.3) is 0 Å². The first-order valence-electron chi connectivity index (χ1n) is 10.0. The Kier molecular flexibility index (Phi) is 5.82. The lowest BCUT2D eigenvalue weighted by Crippen LogP contribution is -2.26. The van der Waals surface area contributed by atoms with Crippen molar-refractivity contribution in [1.29, 1.82) is 0 Å². The Bertz CT molecular complexity index is 1060. The molecule has 31 heavy (non-hydrogen) atoms. The molecule has 3 aromatic rings. The summed E-state index contributed by atoms with van der Waals surface area (Å²) >= 11 is 0. The quantitative estimate of drug-likeness (QED) is 0.614. The van der Waals surface area contributed by atoms with Crippen LogP contribution in [0.1, 0.15) is 40.5 Å². The highest BCUT2D eigenvalue weighted by Crippen LogP contribution is 2.40. The molecule has 1 aromatic heterocycles. The van der Waals surface area contributed by atoms with Gasteiger partial charge < -0.3 is 16.2 Å². The zero-order chi connectivity index (χ0) is 22.0. The van der Waals surface area contributed by atoms with E-state index in [-0.39, 0.29) is 11.9 Å². The molecule has 2 unspecified atom stereocenters. The summed E-state index contributed by atoms with van der Waals surface area (Å²) in [7, 11) is 0. The predicted octanol–water partition coefficient (Wildman–Crippen LogP) is 4.72. The summed E-state index contributed by atoms with van der Waals surface area (Å²) in [6.45, 7) is 0.291. The van der Waals surface area contributed by atoms with Crippen LogP contribution in [0.4, 0.5) is 24.9 Å². The third-order valence-electron chi connectivity index (χ3n) is 5.60. The number of anilines is 2. The van der Waals surface area contributed by atoms with Gasteiger partial charge in [0.1, 0.15) is 5.82 Å². The van der Waals surface area contributed by atoms with Crippen LogP contribution in [0, 0.1) is 5.92 Å². The van der Waals surface area contributed by atoms with Crippen molar-refractivity contribution >= 4 is 11.8 Å². The average molecular weight is 428 g/mol. The first-order valence-corrected chi connectivity index (χ1v) is 10.0. The second-order valence-electron chi connectivity index (χ2n) is 7.74. The Morgan fingerprint density at radius 1 is 1.03 bits per heavy atom. The molecule has 4 N–H and O–H groups in total. The number of alkyl halides is 3. The van der Waals surface area contributed by atoms with Crippen LogP contribution in [0.15, 0.2) is 54.6 Å². The fourth-order valence-electron chi connectivity index (χ4n) is 4.10. The number of nitrogens with two attached hydrogens (primary N) is 2. The van der Waals surface area contributed by atoms with Gasteiger partial charge in [-0.3, -0.25) is 0 Å². The molecular weight excluding hydrogens is 405 g/mol. The summed E-state index contributed by atoms with van der Waals surface area (Å²) < 4.78 is 46.2. The number of aromatic nitrogens is 2. The van der Waals surface area contributed by atoms with E-state index in [4.69, 9.17) is 16.2 Å². The number of hydrogen-bond acceptors (Lipinski definition) is 5. The molecule has 0 bridgehead atoms. The minimum absolute atomic E-state index is 0.0748. The third-order valence-corrected chi connectivity index (χ3v) is 5.60. The number of halogens is 3. The molecule has 2 aromatic carbocycles. The van der Waals surface area contributed by atoms with Gasteiger partial charge in [0, 0.05) is 5.56 Å². The molecule has 8 heteroatoms. The number of hydrogen-bond donors (Lipinski definition) is 2. The molecule has 0 saturated heterocycles. The molecular formula is C23H23F3N4O. The Morgan fingerprint density at radius 3 is 2.55 bits per heavy atom. The van der Waals surface area contributed by atoms with Crippen LogP contribution in [0.5, 0.6) is 0 Å². The van der Waals surface area contributed by atoms with E-state index in [9.17, 15) is 13.2 Å². The van der Waals surface area contributed by atoms with Gasteiger partial charge in [-0.15, -0.1) is 0 Å². The molecule has 0 aliphatic heterocycles. The van der Waals surface area contributed by atoms with E-state index in [0.717, 1.165) is 22.9 Å². The standard InChI is InChI=1S/C23H23F3N4O/c24-23(25,26)17-8-4-7-15(11-17)20(31-13-14-5-2-1-3-6-14)16-9-10-19-18(12-16)21(27)30-22(28)29-19/h1-8,11,16,20H,9-10,12-13H2,(H4,27,28,29,30). The molecule has 1 aliphatic rings. The highest BCUT2D eigenvalue weighted by atomic mass is 19.4. The van der Waals surface area contributed by atoms with Gasteiger partial charge in [0.05, 0.1) is 24.0 Å². The molecule has 5 nitrogen and oxygen atoms in total. The van der Waals surface area contributed by atoms with Crippen LogP contribution in [0.25, 0.3) is 0 Å². The van der Waals surface area contributed by atoms with Crippen LogP contribution in [-0.2, 0) is 30.4 Å². The van der Waals surface area contributed by atoms with Crippen LogP contribution >= 0.6 is 0 Å². The molecule has 162 valence electrons. The normalized spacial score (nSPS) is 17.2. The van der Waals surface area contributed by atoms with Gasteiger partial charge in [0.2, 0.25) is 5.95 Å². The lowest BCUT2D eigenvalue weighted by atomic mass is 9.80. The van der Waals surface area contributed by atoms with E-state index < -0.39 is 17.8 Å². The maximum Gasteiger partial charge on any atom is 0.416 e. The molecule has 0 saturated carbocycles. The van der Waals surface area contributed by atoms with Crippen molar-refractivity contribution in [1.82, 2.24) is 9.97 Å². The summed E-state index contributed by atoms with van der Waals surface area (Å²) in [6, 6.07) is 14.9. The average Bonchev–Trinajstić information content (AvgIpc) is 2.74. The second kappa shape index (κ2) is 8.55. The maximum absolute atomic E-state index is 13.3. The summed E-state index contributed by atoms with van der Waals surface area (Å²) in [6.07, 6.45) is -3.14. The van der Waals surface area contributed by atoms with Gasteiger partial charge in [0.15, 0.2) is 0 Å². The number of benzene rings is 2. The fraction of sp³-hybridized carbons (Fsp3) is 0.304. The zero-order valence-electron chi connectivity index (χ0n) is 16.8. The highest BCUT2D eigenvalue weighted by molar-refractivity contribution is 5.47. The predicted molar refractivity (Wildman–Crippen MR) is 112 cm³/mol. The van der Waals surface area contributed by atoms with Crippen LogP contribution in [0.2, 0.25) is 0 Å². The molecule has 1 heterocycles. The zero-order valence-corrected chi connectivity index (χ0v) is 16.8. The minimum Gasteiger partial charge on any atom is -0.383 e. The lowest BCUT2D eigenvalue weighted by Gasteiger charge is -2.32. The Labute approximate surface area is 178 Å². The van der Waals surface area contributed by atoms with E-state index in [1.165, 1.54) is 12.1 Å². The Balaban J connectivity index is 1.65. The van der Waals surface area contributed by atoms with Gasteiger partial charge in [-0.25, -0.2) is 4.98 Å². The van der Waals surface area contributed by atoms with Crippen molar-refractivity contribution in [3.63, 3.8) is 0 Å². The Morgan fingerprint density at radius 2 is 1.81 bits per heavy atom. The third kappa shape index (κ3) is 4.80. The van der Waals surface area contributed by atoms with Crippen molar-refractivity contribution in [3.05, 3.63) is 82.5 Å². The molecule has 2 atom stereocenters. The maximum atomic E-state index is 13.3. The van der Waals surface area contributed by atoms with Gasteiger partial charge in [-0.2, -0.15) is 18.2 Å². The van der Waals surface area contributed by atoms with E-state index in [2.05, 4.69) is 9.97 Å². The van der Waals surface area contributed by atoms with Crippen molar-refractivity contribution in [2.24, 2.45) is 5.92 Å². The van der Waals surface area contributed by atoms with Crippen molar-refractivity contribution in [2.45, 2.75) is 38.1 Å². The van der Waals surface area contributed by atoms with E-state index in [1.807, 2.05) is 30.3 Å². The van der Waals surface area contributed by atoms with Crippen molar-refractivity contribution in [2.75, 3.05) is 11.5 Å². The molecule has 0 spiro atoms. The van der Waals surface area contributed by atoms with Gasteiger partial charge in [-0.05, 0) is 48.4 Å². The molecule has 0 fully saturated rings. The lowest BCUT2D eigenvalue weighted by molar-refractivity contribution is -0.137. The van der Waals surface area contributed by atoms with Crippen LogP contribution < -0.4 is 11.5 Å². The highest BCUT2D eigenvalue weighted by Gasteiger charge is 2.34. The van der Waals surface area contributed by atoms with E-state index in [1.54, 1.807) is 6.07 Å². The number of aryl methyl sites for hydroxylation is 1. The molecule has 0 amide bonds. The number of rotatable bonds is 5. The monoisotopic (exact) mass is 428 g/mol. The van der Waals surface area contributed by atoms with Gasteiger partial charge >= 0.3 is 6.18 Å². The SMILES string of the molecule is Nc1nc(N)c2c(n1)CCC(C(OCc1ccccc1)c1cccc(C(F)(F)F)c1)C2. The van der Waals surface area contributed by atoms with Crippen molar-refractivity contribution in [3.8, 4) is 0 Å². The second-order valence-corrected chi connectivity index (χ2v) is 7.74. The minimum atomic E-state index is -4.42. The topological polar surface area (TPSA) is 87.0 Å². The summed E-state index contributed by atoms with van der Waals surface area (Å²) in [5.41, 5.74) is 14.1. The molecule has 0 radical (unpaired) electrons. The summed E-state index contributed by atoms with van der Waals surface area (Å²) in [4.78, 5) is 8.33. The summed E-state index contributed by atoms with van der Waals surface area (Å²) in [5.74, 6) is 0.372. The first kappa shape index (κ1) is 21.1. The van der Waals surface area contributed by atoms with Crippen LogP contribution in [-0.4, -0.2) is 9.97 Å². The van der Waals surface area contributed by atoms with Crippen molar-refractivity contribution < 1.29 is 17.9 Å². The number of nitrogens with zero attached hydrogens (tertiary/aromatic N) is 2. The van der Waals surface area contributed by atoms with Crippen LogP contribution in [0.3, 0.4) is 0 Å². The number of fused-ring (bicyclic) bond motifs is 1. The fourth-order valence-corrected chi connectivity index (χ4v) is 4.10. The Hall–Kier alpha value is -3.13. The largest absolute Gasteiger partial charge is 0.416 e. The van der Waals surface area contributed by atoms with E-state index >= 15 is 0 Å². The molecule has 4 rings (SSSR count). The first-order chi connectivity index (χ1) is 14.8. The van der Waals surface area contributed by atoms with Gasteiger partial charge in [-0.1, -0.05) is 42.5 Å². The number of nitrogen functional groups attached to an aromatic ring is 2. The number of ether oxygens (including phenoxy) is 1. The summed E-state index contributed by atoms with van der Waals surface area (Å²) in [5, 5.41) is 0.